The van der Waals surface area contributed by atoms with Crippen LogP contribution in [0.1, 0.15) is 16.9 Å². The Labute approximate surface area is 89.2 Å². The zero-order valence-electron chi connectivity index (χ0n) is 8.57. The van der Waals surface area contributed by atoms with Gasteiger partial charge in [-0.25, -0.2) is 0 Å². The number of nitrogens with zero attached hydrogens (tertiary/aromatic N) is 1. The van der Waals surface area contributed by atoms with Gasteiger partial charge in [-0.1, -0.05) is 0 Å². The normalized spacial score (nSPS) is 23.1. The van der Waals surface area contributed by atoms with Crippen molar-refractivity contribution >= 4 is 11.3 Å². The number of likely N-dealkylation sites (tertiary alicyclic amines) is 1. The molecule has 0 aromatic carbocycles. The van der Waals surface area contributed by atoms with Crippen molar-refractivity contribution in [1.29, 1.82) is 0 Å². The second-order valence-electron chi connectivity index (χ2n) is 4.10. The predicted molar refractivity (Wildman–Crippen MR) is 59.5 cm³/mol. The van der Waals surface area contributed by atoms with Crippen LogP contribution in [0.4, 0.5) is 0 Å². The predicted octanol–water partition coefficient (Wildman–Crippen LogP) is 1.87. The van der Waals surface area contributed by atoms with Crippen molar-refractivity contribution < 1.29 is 5.11 Å². The molecule has 78 valence electrons. The molecule has 2 heterocycles. The van der Waals surface area contributed by atoms with Crippen molar-refractivity contribution in [3.8, 4) is 0 Å². The first-order chi connectivity index (χ1) is 6.79. The zero-order chi connectivity index (χ0) is 9.97. The van der Waals surface area contributed by atoms with Gasteiger partial charge in [0.2, 0.25) is 0 Å². The van der Waals surface area contributed by atoms with Crippen molar-refractivity contribution in [2.24, 2.45) is 5.92 Å². The summed E-state index contributed by atoms with van der Waals surface area (Å²) in [4.78, 5) is 3.92. The molecule has 0 bridgehead atoms. The molecular weight excluding hydrogens is 194 g/mol. The van der Waals surface area contributed by atoms with Crippen LogP contribution < -0.4 is 0 Å². The van der Waals surface area contributed by atoms with E-state index in [0.717, 1.165) is 26.1 Å². The van der Waals surface area contributed by atoms with E-state index in [9.17, 15) is 0 Å². The lowest BCUT2D eigenvalue weighted by Gasteiger charge is -2.14. The van der Waals surface area contributed by atoms with Crippen LogP contribution in [-0.4, -0.2) is 29.7 Å². The fraction of sp³-hybridized carbons (Fsp3) is 0.636. The van der Waals surface area contributed by atoms with Gasteiger partial charge in [-0.05, 0) is 42.8 Å². The lowest BCUT2D eigenvalue weighted by Crippen LogP contribution is -2.20. The molecule has 1 aliphatic rings. The van der Waals surface area contributed by atoms with Crippen LogP contribution in [0.15, 0.2) is 11.4 Å². The van der Waals surface area contributed by atoms with Crippen LogP contribution in [0, 0.1) is 12.8 Å². The minimum absolute atomic E-state index is 0.347. The Morgan fingerprint density at radius 2 is 2.50 bits per heavy atom. The molecule has 3 heteroatoms. The van der Waals surface area contributed by atoms with Crippen molar-refractivity contribution in [3.63, 3.8) is 0 Å². The topological polar surface area (TPSA) is 23.5 Å². The third kappa shape index (κ3) is 2.16. The summed E-state index contributed by atoms with van der Waals surface area (Å²) < 4.78 is 0. The Kier molecular flexibility index (Phi) is 3.21. The maximum Gasteiger partial charge on any atom is 0.0471 e. The van der Waals surface area contributed by atoms with Crippen molar-refractivity contribution in [3.05, 3.63) is 21.9 Å². The highest BCUT2D eigenvalue weighted by Crippen LogP contribution is 2.22. The molecule has 1 unspecified atom stereocenters. The molecule has 1 fully saturated rings. The van der Waals surface area contributed by atoms with Gasteiger partial charge in [-0.15, -0.1) is 11.3 Å². The summed E-state index contributed by atoms with van der Waals surface area (Å²) >= 11 is 1.84. The van der Waals surface area contributed by atoms with E-state index in [1.54, 1.807) is 0 Å². The van der Waals surface area contributed by atoms with Gasteiger partial charge in [0.1, 0.15) is 0 Å². The Balaban J connectivity index is 1.90. The lowest BCUT2D eigenvalue weighted by molar-refractivity contribution is 0.220. The van der Waals surface area contributed by atoms with Gasteiger partial charge >= 0.3 is 0 Å². The molecule has 0 amide bonds. The molecule has 0 saturated carbocycles. The number of aryl methyl sites for hydroxylation is 1. The Morgan fingerprint density at radius 1 is 1.64 bits per heavy atom. The summed E-state index contributed by atoms with van der Waals surface area (Å²) in [5.41, 5.74) is 1.41. The minimum Gasteiger partial charge on any atom is -0.396 e. The average Bonchev–Trinajstić information content (AvgIpc) is 2.77. The van der Waals surface area contributed by atoms with Gasteiger partial charge in [0, 0.05) is 24.6 Å². The van der Waals surface area contributed by atoms with E-state index < -0.39 is 0 Å². The Bertz CT molecular complexity index is 297. The number of hydrogen-bond donors (Lipinski definition) is 1. The highest BCUT2D eigenvalue weighted by atomic mass is 32.1. The van der Waals surface area contributed by atoms with Gasteiger partial charge in [0.05, 0.1) is 0 Å². The second kappa shape index (κ2) is 4.43. The van der Waals surface area contributed by atoms with E-state index >= 15 is 0 Å². The summed E-state index contributed by atoms with van der Waals surface area (Å²) in [6, 6.07) is 2.18. The van der Waals surface area contributed by atoms with E-state index in [0.29, 0.717) is 12.5 Å². The molecule has 1 saturated heterocycles. The van der Waals surface area contributed by atoms with E-state index in [1.807, 2.05) is 11.3 Å². The maximum atomic E-state index is 9.04. The van der Waals surface area contributed by atoms with Gasteiger partial charge < -0.3 is 5.11 Å². The Morgan fingerprint density at radius 3 is 3.07 bits per heavy atom. The van der Waals surface area contributed by atoms with Gasteiger partial charge in [-0.2, -0.15) is 0 Å². The number of aliphatic hydroxyl groups is 1. The van der Waals surface area contributed by atoms with E-state index in [2.05, 4.69) is 23.3 Å². The van der Waals surface area contributed by atoms with Gasteiger partial charge in [-0.3, -0.25) is 4.90 Å². The van der Waals surface area contributed by atoms with Crippen LogP contribution in [-0.2, 0) is 6.54 Å². The molecule has 1 aliphatic heterocycles. The molecule has 2 nitrogen and oxygen atoms in total. The number of aliphatic hydroxyl groups excluding tert-OH is 1. The second-order valence-corrected chi connectivity index (χ2v) is 5.10. The van der Waals surface area contributed by atoms with Crippen molar-refractivity contribution in [2.45, 2.75) is 19.9 Å². The number of thiophene rings is 1. The SMILES string of the molecule is Cc1ccsc1CN1CCC(CO)C1. The van der Waals surface area contributed by atoms with Gasteiger partial charge in [0.25, 0.3) is 0 Å². The number of hydrogen-bond acceptors (Lipinski definition) is 3. The summed E-state index contributed by atoms with van der Waals surface area (Å²) in [6.07, 6.45) is 1.15. The quantitative estimate of drug-likeness (QED) is 0.825. The first kappa shape index (κ1) is 10.1. The van der Waals surface area contributed by atoms with Crippen LogP contribution in [0.2, 0.25) is 0 Å². The van der Waals surface area contributed by atoms with E-state index in [4.69, 9.17) is 5.11 Å². The van der Waals surface area contributed by atoms with Crippen molar-refractivity contribution in [1.82, 2.24) is 4.90 Å². The average molecular weight is 211 g/mol. The molecule has 1 aromatic rings. The van der Waals surface area contributed by atoms with Gasteiger partial charge in [0.15, 0.2) is 0 Å². The van der Waals surface area contributed by atoms with Crippen LogP contribution in [0.5, 0.6) is 0 Å². The monoisotopic (exact) mass is 211 g/mol. The third-order valence-electron chi connectivity index (χ3n) is 2.96. The first-order valence-corrected chi connectivity index (χ1v) is 6.03. The van der Waals surface area contributed by atoms with Crippen LogP contribution >= 0.6 is 11.3 Å². The van der Waals surface area contributed by atoms with Crippen LogP contribution in [0.25, 0.3) is 0 Å². The highest BCUT2D eigenvalue weighted by Gasteiger charge is 2.22. The molecule has 2 rings (SSSR count). The fourth-order valence-corrected chi connectivity index (χ4v) is 2.92. The standard InChI is InChI=1S/C11H17NOS/c1-9-3-5-14-11(9)7-12-4-2-10(6-12)8-13/h3,5,10,13H,2,4,6-8H2,1H3. The zero-order valence-corrected chi connectivity index (χ0v) is 9.39. The van der Waals surface area contributed by atoms with Crippen molar-refractivity contribution in [2.75, 3.05) is 19.7 Å². The molecule has 0 aliphatic carbocycles. The molecule has 1 N–H and O–H groups in total. The van der Waals surface area contributed by atoms with E-state index in [-0.39, 0.29) is 0 Å². The summed E-state index contributed by atoms with van der Waals surface area (Å²) in [6.45, 7) is 5.79. The fourth-order valence-electron chi connectivity index (χ4n) is 1.97. The minimum atomic E-state index is 0.347. The highest BCUT2D eigenvalue weighted by molar-refractivity contribution is 7.10. The summed E-state index contributed by atoms with van der Waals surface area (Å²) in [7, 11) is 0. The molecule has 0 radical (unpaired) electrons. The summed E-state index contributed by atoms with van der Waals surface area (Å²) in [5.74, 6) is 0.510. The number of rotatable bonds is 3. The molecule has 1 atom stereocenters. The lowest BCUT2D eigenvalue weighted by atomic mass is 10.1. The Hall–Kier alpha value is -0.380. The molecule has 0 spiro atoms. The third-order valence-corrected chi connectivity index (χ3v) is 3.97. The first-order valence-electron chi connectivity index (χ1n) is 5.16. The molecule has 1 aromatic heterocycles. The molecular formula is C11H17NOS. The summed E-state index contributed by atoms with van der Waals surface area (Å²) in [5, 5.41) is 11.2. The van der Waals surface area contributed by atoms with E-state index in [1.165, 1.54) is 10.4 Å². The smallest absolute Gasteiger partial charge is 0.0471 e. The largest absolute Gasteiger partial charge is 0.396 e. The van der Waals surface area contributed by atoms with Crippen LogP contribution in [0.3, 0.4) is 0 Å². The molecule has 14 heavy (non-hydrogen) atoms. The maximum absolute atomic E-state index is 9.04.